The predicted molar refractivity (Wildman–Crippen MR) is 106 cm³/mol. The van der Waals surface area contributed by atoms with E-state index in [9.17, 15) is 13.0 Å². The highest BCUT2D eigenvalue weighted by atomic mass is 32.2. The molecule has 0 atom stereocenters. The lowest BCUT2D eigenvalue weighted by Crippen LogP contribution is -2.06. The van der Waals surface area contributed by atoms with Gasteiger partial charge >= 0.3 is 0 Å². The summed E-state index contributed by atoms with van der Waals surface area (Å²) < 4.78 is 32.5. The fourth-order valence-electron chi connectivity index (χ4n) is 3.27. The van der Waals surface area contributed by atoms with Gasteiger partial charge in [0, 0.05) is 0 Å². The third kappa shape index (κ3) is 8.68. The molecule has 25 heavy (non-hydrogen) atoms. The van der Waals surface area contributed by atoms with E-state index in [1.54, 1.807) is 12.1 Å². The molecule has 0 spiro atoms. The highest BCUT2D eigenvalue weighted by molar-refractivity contribution is 7.85. The van der Waals surface area contributed by atoms with E-state index in [1.807, 2.05) is 6.07 Å². The van der Waals surface area contributed by atoms with Crippen LogP contribution in [0, 0.1) is 0 Å². The van der Waals surface area contributed by atoms with Crippen LogP contribution in [0.5, 0.6) is 0 Å². The molecule has 0 heterocycles. The summed E-state index contributed by atoms with van der Waals surface area (Å²) in [6, 6.07) is 5.14. The van der Waals surface area contributed by atoms with Gasteiger partial charge in [0.1, 0.15) is 0 Å². The van der Waals surface area contributed by atoms with E-state index >= 15 is 0 Å². The normalized spacial score (nSPS) is 11.6. The van der Waals surface area contributed by atoms with Crippen molar-refractivity contribution in [3.63, 3.8) is 0 Å². The van der Waals surface area contributed by atoms with Crippen molar-refractivity contribution in [3.05, 3.63) is 42.0 Å². The third-order valence-corrected chi connectivity index (χ3v) is 5.59. The standard InChI is InChI=1S/C21H34O3S/c1-3-5-6-7-8-9-10-11-12-13-16-19-17-14-18-21(25(22,23)24)20(19)15-4-2/h4,14,17-18H,2-3,5-13,15-16H2,1H3,(H,22,23,24). The van der Waals surface area contributed by atoms with Crippen LogP contribution in [0.15, 0.2) is 35.7 Å². The third-order valence-electron chi connectivity index (χ3n) is 4.66. The lowest BCUT2D eigenvalue weighted by Gasteiger charge is -2.12. The molecule has 0 unspecified atom stereocenters. The average molecular weight is 367 g/mol. The van der Waals surface area contributed by atoms with Crippen molar-refractivity contribution in [3.8, 4) is 0 Å². The SMILES string of the molecule is C=CCc1c(CCCCCCCCCCCC)cccc1S(=O)(=O)O. The van der Waals surface area contributed by atoms with E-state index in [4.69, 9.17) is 0 Å². The predicted octanol–water partition coefficient (Wildman–Crippen LogP) is 6.13. The molecule has 1 aromatic carbocycles. The van der Waals surface area contributed by atoms with Gasteiger partial charge in [0.2, 0.25) is 0 Å². The molecular weight excluding hydrogens is 332 g/mol. The van der Waals surface area contributed by atoms with Crippen LogP contribution in [-0.4, -0.2) is 13.0 Å². The quantitative estimate of drug-likeness (QED) is 0.245. The van der Waals surface area contributed by atoms with Crippen LogP contribution in [0.4, 0.5) is 0 Å². The van der Waals surface area contributed by atoms with Gasteiger partial charge in [-0.2, -0.15) is 8.42 Å². The summed E-state index contributed by atoms with van der Waals surface area (Å²) in [5.41, 5.74) is 1.70. The van der Waals surface area contributed by atoms with E-state index in [-0.39, 0.29) is 4.90 Å². The van der Waals surface area contributed by atoms with E-state index in [0.717, 1.165) is 18.4 Å². The molecule has 3 nitrogen and oxygen atoms in total. The van der Waals surface area contributed by atoms with Gasteiger partial charge in [0.15, 0.2) is 0 Å². The number of rotatable bonds is 14. The molecule has 0 fully saturated rings. The van der Waals surface area contributed by atoms with Gasteiger partial charge < -0.3 is 0 Å². The smallest absolute Gasteiger partial charge is 0.282 e. The van der Waals surface area contributed by atoms with Gasteiger partial charge in [-0.1, -0.05) is 82.9 Å². The molecule has 0 aromatic heterocycles. The van der Waals surface area contributed by atoms with Crippen LogP contribution in [0.1, 0.15) is 82.3 Å². The van der Waals surface area contributed by atoms with Crippen LogP contribution < -0.4 is 0 Å². The molecule has 1 N–H and O–H groups in total. The van der Waals surface area contributed by atoms with Crippen molar-refractivity contribution >= 4 is 10.1 Å². The number of allylic oxidation sites excluding steroid dienone is 1. The second-order valence-corrected chi connectivity index (χ2v) is 8.18. The van der Waals surface area contributed by atoms with Crippen LogP contribution in [0.2, 0.25) is 0 Å². The number of aryl methyl sites for hydroxylation is 1. The molecule has 0 bridgehead atoms. The average Bonchev–Trinajstić information content (AvgIpc) is 2.57. The monoisotopic (exact) mass is 366 g/mol. The molecule has 0 saturated carbocycles. The number of hydrogen-bond donors (Lipinski definition) is 1. The Kier molecular flexibility index (Phi) is 10.7. The number of unbranched alkanes of at least 4 members (excludes halogenated alkanes) is 9. The zero-order chi connectivity index (χ0) is 18.5. The summed E-state index contributed by atoms with van der Waals surface area (Å²) >= 11 is 0. The van der Waals surface area contributed by atoms with Crippen molar-refractivity contribution < 1.29 is 13.0 Å². The summed E-state index contributed by atoms with van der Waals surface area (Å²) in [6.45, 7) is 5.94. The number of benzene rings is 1. The van der Waals surface area contributed by atoms with Gasteiger partial charge in [-0.25, -0.2) is 0 Å². The topological polar surface area (TPSA) is 54.4 Å². The first-order chi connectivity index (χ1) is 12.0. The second-order valence-electron chi connectivity index (χ2n) is 6.79. The minimum Gasteiger partial charge on any atom is -0.282 e. The van der Waals surface area contributed by atoms with Crippen LogP contribution >= 0.6 is 0 Å². The van der Waals surface area contributed by atoms with E-state index in [2.05, 4.69) is 13.5 Å². The Hall–Kier alpha value is -1.13. The molecule has 0 aliphatic heterocycles. The molecule has 142 valence electrons. The highest BCUT2D eigenvalue weighted by Gasteiger charge is 2.17. The summed E-state index contributed by atoms with van der Waals surface area (Å²) in [5.74, 6) is 0. The minimum atomic E-state index is -4.18. The van der Waals surface area contributed by atoms with E-state index in [0.29, 0.717) is 12.0 Å². The summed E-state index contributed by atoms with van der Waals surface area (Å²) in [6.07, 6.45) is 15.8. The Bertz CT molecular complexity index is 606. The minimum absolute atomic E-state index is 0.0250. The summed E-state index contributed by atoms with van der Waals surface area (Å²) in [4.78, 5) is 0.0250. The van der Waals surface area contributed by atoms with E-state index < -0.39 is 10.1 Å². The van der Waals surface area contributed by atoms with Crippen LogP contribution in [-0.2, 0) is 23.0 Å². The number of hydrogen-bond acceptors (Lipinski definition) is 2. The first kappa shape index (κ1) is 21.9. The molecule has 4 heteroatoms. The molecule has 0 radical (unpaired) electrons. The lowest BCUT2D eigenvalue weighted by molar-refractivity contribution is 0.482. The van der Waals surface area contributed by atoms with Gasteiger partial charge in [-0.05, 0) is 36.5 Å². The first-order valence-corrected chi connectivity index (χ1v) is 11.1. The Labute approximate surface area is 154 Å². The zero-order valence-electron chi connectivity index (χ0n) is 15.7. The maximum Gasteiger partial charge on any atom is 0.294 e. The Balaban J connectivity index is 2.39. The van der Waals surface area contributed by atoms with Crippen LogP contribution in [0.3, 0.4) is 0 Å². The van der Waals surface area contributed by atoms with Gasteiger partial charge in [0.25, 0.3) is 10.1 Å². The Morgan fingerprint density at radius 2 is 1.52 bits per heavy atom. The van der Waals surface area contributed by atoms with Gasteiger partial charge in [-0.3, -0.25) is 4.55 Å². The molecule has 0 amide bonds. The van der Waals surface area contributed by atoms with Crippen molar-refractivity contribution in [2.45, 2.75) is 88.9 Å². The zero-order valence-corrected chi connectivity index (χ0v) is 16.5. The largest absolute Gasteiger partial charge is 0.294 e. The van der Waals surface area contributed by atoms with Crippen LogP contribution in [0.25, 0.3) is 0 Å². The molecule has 0 aliphatic rings. The molecule has 1 rings (SSSR count). The van der Waals surface area contributed by atoms with E-state index in [1.165, 1.54) is 63.9 Å². The molecular formula is C21H34O3S. The Morgan fingerprint density at radius 1 is 0.960 bits per heavy atom. The Morgan fingerprint density at radius 3 is 2.04 bits per heavy atom. The fourth-order valence-corrected chi connectivity index (χ4v) is 4.04. The maximum atomic E-state index is 11.5. The first-order valence-electron chi connectivity index (χ1n) is 9.69. The molecule has 0 saturated heterocycles. The van der Waals surface area contributed by atoms with Crippen molar-refractivity contribution in [2.24, 2.45) is 0 Å². The fraction of sp³-hybridized carbons (Fsp3) is 0.619. The highest BCUT2D eigenvalue weighted by Crippen LogP contribution is 2.23. The second kappa shape index (κ2) is 12.3. The van der Waals surface area contributed by atoms with Crippen molar-refractivity contribution in [2.75, 3.05) is 0 Å². The maximum absolute atomic E-state index is 11.5. The van der Waals surface area contributed by atoms with Crippen molar-refractivity contribution in [1.82, 2.24) is 0 Å². The van der Waals surface area contributed by atoms with Gasteiger partial charge in [0.05, 0.1) is 4.90 Å². The van der Waals surface area contributed by atoms with Crippen molar-refractivity contribution in [1.29, 1.82) is 0 Å². The molecule has 0 aliphatic carbocycles. The van der Waals surface area contributed by atoms with Gasteiger partial charge in [-0.15, -0.1) is 6.58 Å². The lowest BCUT2D eigenvalue weighted by atomic mass is 9.98. The molecule has 1 aromatic rings. The summed E-state index contributed by atoms with van der Waals surface area (Å²) in [5, 5.41) is 0. The summed E-state index contributed by atoms with van der Waals surface area (Å²) in [7, 11) is -4.18.